The highest BCUT2D eigenvalue weighted by atomic mass is 32.1. The van der Waals surface area contributed by atoms with Crippen LogP contribution in [0.1, 0.15) is 35.1 Å². The van der Waals surface area contributed by atoms with Gasteiger partial charge in [-0.2, -0.15) is 0 Å². The van der Waals surface area contributed by atoms with E-state index in [4.69, 9.17) is 0 Å². The maximum absolute atomic E-state index is 10.6. The lowest BCUT2D eigenvalue weighted by Gasteiger charge is -2.15. The molecule has 2 aromatic rings. The first-order valence-electron chi connectivity index (χ1n) is 7.02. The molecule has 3 rings (SSSR count). The Kier molecular flexibility index (Phi) is 3.98. The maximum Gasteiger partial charge on any atom is 0.269 e. The minimum absolute atomic E-state index is 0.132. The second kappa shape index (κ2) is 5.91. The number of hydrogen-bond donors (Lipinski definition) is 1. The number of aryl methyl sites for hydroxylation is 1. The van der Waals surface area contributed by atoms with E-state index in [1.807, 2.05) is 19.1 Å². The number of hydrogen-bond acceptors (Lipinski definition) is 5. The lowest BCUT2D eigenvalue weighted by Crippen LogP contribution is -2.22. The van der Waals surface area contributed by atoms with Crippen LogP contribution in [0.25, 0.3) is 0 Å². The van der Waals surface area contributed by atoms with Gasteiger partial charge in [0.05, 0.1) is 11.0 Å². The number of benzene rings is 1. The standard InChI is InChI=1S/C15H17N3O2S/c1-10-9-21-15(17-10)14(12-4-5-12)16-8-11-2-6-13(7-3-11)18(19)20/h2-3,6-7,9,12,14,16H,4-5,8H2,1H3. The summed E-state index contributed by atoms with van der Waals surface area (Å²) in [6.07, 6.45) is 2.49. The molecule has 0 amide bonds. The summed E-state index contributed by atoms with van der Waals surface area (Å²) in [5.74, 6) is 0.675. The highest BCUT2D eigenvalue weighted by molar-refractivity contribution is 7.09. The monoisotopic (exact) mass is 303 g/mol. The van der Waals surface area contributed by atoms with Crippen LogP contribution in [0.15, 0.2) is 29.6 Å². The Morgan fingerprint density at radius 1 is 1.43 bits per heavy atom. The lowest BCUT2D eigenvalue weighted by molar-refractivity contribution is -0.384. The number of nitro groups is 1. The molecule has 1 atom stereocenters. The van der Waals surface area contributed by atoms with Gasteiger partial charge >= 0.3 is 0 Å². The van der Waals surface area contributed by atoms with Gasteiger partial charge < -0.3 is 5.32 Å². The number of nitrogens with one attached hydrogen (secondary N) is 1. The van der Waals surface area contributed by atoms with Crippen LogP contribution in [-0.2, 0) is 6.54 Å². The van der Waals surface area contributed by atoms with Crippen molar-refractivity contribution in [2.24, 2.45) is 5.92 Å². The summed E-state index contributed by atoms with van der Waals surface area (Å²) in [5.41, 5.74) is 2.25. The first-order chi connectivity index (χ1) is 10.1. The SMILES string of the molecule is Cc1csc(C(NCc2ccc([N+](=O)[O-])cc2)C2CC2)n1. The number of rotatable bonds is 6. The van der Waals surface area contributed by atoms with Crippen molar-refractivity contribution in [2.75, 3.05) is 0 Å². The van der Waals surface area contributed by atoms with Crippen molar-refractivity contribution in [1.29, 1.82) is 0 Å². The van der Waals surface area contributed by atoms with Gasteiger partial charge in [-0.3, -0.25) is 10.1 Å². The Labute approximate surface area is 127 Å². The van der Waals surface area contributed by atoms with E-state index in [1.54, 1.807) is 23.5 Å². The minimum atomic E-state index is -0.372. The molecule has 1 saturated carbocycles. The molecule has 0 aliphatic heterocycles. The molecule has 1 fully saturated rings. The fourth-order valence-electron chi connectivity index (χ4n) is 2.36. The minimum Gasteiger partial charge on any atom is -0.304 e. The molecule has 1 unspecified atom stereocenters. The predicted octanol–water partition coefficient (Wildman–Crippen LogP) is 3.60. The van der Waals surface area contributed by atoms with Crippen LogP contribution in [0.4, 0.5) is 5.69 Å². The quantitative estimate of drug-likeness (QED) is 0.654. The van der Waals surface area contributed by atoms with Gasteiger partial charge in [-0.25, -0.2) is 4.98 Å². The normalized spacial score (nSPS) is 15.9. The maximum atomic E-state index is 10.6. The van der Waals surface area contributed by atoms with Gasteiger partial charge in [0.25, 0.3) is 5.69 Å². The second-order valence-corrected chi connectivity index (χ2v) is 6.34. The molecule has 1 N–H and O–H groups in total. The first kappa shape index (κ1) is 14.2. The average Bonchev–Trinajstić information content (AvgIpc) is 3.22. The summed E-state index contributed by atoms with van der Waals surface area (Å²) >= 11 is 1.70. The van der Waals surface area contributed by atoms with Gasteiger partial charge in [-0.05, 0) is 31.2 Å². The van der Waals surface area contributed by atoms with Gasteiger partial charge in [-0.15, -0.1) is 11.3 Å². The fraction of sp³-hybridized carbons (Fsp3) is 0.400. The van der Waals surface area contributed by atoms with Crippen LogP contribution in [0, 0.1) is 23.0 Å². The predicted molar refractivity (Wildman–Crippen MR) is 82.3 cm³/mol. The number of aromatic nitrogens is 1. The van der Waals surface area contributed by atoms with Crippen LogP contribution < -0.4 is 5.32 Å². The molecule has 1 heterocycles. The second-order valence-electron chi connectivity index (χ2n) is 5.45. The highest BCUT2D eigenvalue weighted by Crippen LogP contribution is 2.42. The molecule has 1 aromatic carbocycles. The molecule has 110 valence electrons. The van der Waals surface area contributed by atoms with Gasteiger partial charge in [0.15, 0.2) is 0 Å². The van der Waals surface area contributed by atoms with Gasteiger partial charge in [0.1, 0.15) is 5.01 Å². The molecule has 5 nitrogen and oxygen atoms in total. The molecule has 21 heavy (non-hydrogen) atoms. The van der Waals surface area contributed by atoms with Crippen molar-refractivity contribution in [3.05, 3.63) is 56.0 Å². The summed E-state index contributed by atoms with van der Waals surface area (Å²) in [6, 6.07) is 7.02. The van der Waals surface area contributed by atoms with Gasteiger partial charge in [0.2, 0.25) is 0 Å². The Hall–Kier alpha value is -1.79. The number of nitro benzene ring substituents is 1. The number of nitrogens with zero attached hydrogens (tertiary/aromatic N) is 2. The van der Waals surface area contributed by atoms with Crippen molar-refractivity contribution in [2.45, 2.75) is 32.4 Å². The van der Waals surface area contributed by atoms with Crippen molar-refractivity contribution in [1.82, 2.24) is 10.3 Å². The molecule has 1 aromatic heterocycles. The van der Waals surface area contributed by atoms with Crippen LogP contribution in [-0.4, -0.2) is 9.91 Å². The van der Waals surface area contributed by atoms with E-state index < -0.39 is 0 Å². The molecule has 0 spiro atoms. The number of non-ortho nitro benzene ring substituents is 1. The summed E-state index contributed by atoms with van der Waals surface area (Å²) in [7, 11) is 0. The van der Waals surface area contributed by atoms with Crippen LogP contribution in [0.3, 0.4) is 0 Å². The van der Waals surface area contributed by atoms with Crippen molar-refractivity contribution in [3.63, 3.8) is 0 Å². The smallest absolute Gasteiger partial charge is 0.269 e. The third-order valence-corrected chi connectivity index (χ3v) is 4.72. The molecule has 6 heteroatoms. The molecule has 0 saturated heterocycles. The Morgan fingerprint density at radius 3 is 2.67 bits per heavy atom. The van der Waals surface area contributed by atoms with Crippen LogP contribution >= 0.6 is 11.3 Å². The highest BCUT2D eigenvalue weighted by Gasteiger charge is 2.33. The van der Waals surface area contributed by atoms with Crippen LogP contribution in [0.2, 0.25) is 0 Å². The molecule has 0 radical (unpaired) electrons. The zero-order chi connectivity index (χ0) is 14.8. The number of thiazole rings is 1. The summed E-state index contributed by atoms with van der Waals surface area (Å²) in [4.78, 5) is 14.9. The first-order valence-corrected chi connectivity index (χ1v) is 7.90. The summed E-state index contributed by atoms with van der Waals surface area (Å²) < 4.78 is 0. The fourth-order valence-corrected chi connectivity index (χ4v) is 3.33. The Morgan fingerprint density at radius 2 is 2.14 bits per heavy atom. The average molecular weight is 303 g/mol. The largest absolute Gasteiger partial charge is 0.304 e. The van der Waals surface area contributed by atoms with Gasteiger partial charge in [0, 0.05) is 29.8 Å². The Bertz CT molecular complexity index is 635. The van der Waals surface area contributed by atoms with Crippen molar-refractivity contribution < 1.29 is 4.92 Å². The zero-order valence-corrected chi connectivity index (χ0v) is 12.6. The molecular weight excluding hydrogens is 286 g/mol. The van der Waals surface area contributed by atoms with E-state index in [2.05, 4.69) is 15.7 Å². The molecule has 1 aliphatic carbocycles. The van der Waals surface area contributed by atoms with Crippen molar-refractivity contribution in [3.8, 4) is 0 Å². The zero-order valence-electron chi connectivity index (χ0n) is 11.8. The van der Waals surface area contributed by atoms with E-state index in [1.165, 1.54) is 12.8 Å². The summed E-state index contributed by atoms with van der Waals surface area (Å²) in [5, 5.41) is 17.4. The van der Waals surface area contributed by atoms with E-state index in [0.29, 0.717) is 18.5 Å². The molecular formula is C15H17N3O2S. The third-order valence-electron chi connectivity index (χ3n) is 3.67. The summed E-state index contributed by atoms with van der Waals surface area (Å²) in [6.45, 7) is 2.72. The molecule has 0 bridgehead atoms. The van der Waals surface area contributed by atoms with Crippen LogP contribution in [0.5, 0.6) is 0 Å². The third kappa shape index (κ3) is 3.46. The Balaban J connectivity index is 1.65. The topological polar surface area (TPSA) is 68.1 Å². The van der Waals surface area contributed by atoms with E-state index in [9.17, 15) is 10.1 Å². The van der Waals surface area contributed by atoms with E-state index >= 15 is 0 Å². The lowest BCUT2D eigenvalue weighted by atomic mass is 10.1. The van der Waals surface area contributed by atoms with E-state index in [0.717, 1.165) is 16.3 Å². The van der Waals surface area contributed by atoms with E-state index in [-0.39, 0.29) is 10.6 Å². The van der Waals surface area contributed by atoms with Crippen molar-refractivity contribution >= 4 is 17.0 Å². The van der Waals surface area contributed by atoms with Gasteiger partial charge in [-0.1, -0.05) is 12.1 Å². The molecule has 1 aliphatic rings.